The van der Waals surface area contributed by atoms with Crippen molar-refractivity contribution < 1.29 is 4.74 Å². The van der Waals surface area contributed by atoms with Gasteiger partial charge in [0.25, 0.3) is 0 Å². The molecule has 0 radical (unpaired) electrons. The van der Waals surface area contributed by atoms with Gasteiger partial charge in [-0.3, -0.25) is 0 Å². The van der Waals surface area contributed by atoms with Gasteiger partial charge in [0.05, 0.1) is 6.61 Å². The minimum absolute atomic E-state index is 0.662. The lowest BCUT2D eigenvalue weighted by Gasteiger charge is -2.10. The van der Waals surface area contributed by atoms with Crippen molar-refractivity contribution in [3.8, 4) is 0 Å². The van der Waals surface area contributed by atoms with E-state index in [4.69, 9.17) is 4.74 Å². The van der Waals surface area contributed by atoms with Crippen LogP contribution in [0.3, 0.4) is 0 Å². The molecule has 0 saturated heterocycles. The predicted octanol–water partition coefficient (Wildman–Crippen LogP) is 1.58. The van der Waals surface area contributed by atoms with E-state index in [1.165, 1.54) is 0 Å². The third kappa shape index (κ3) is 7.66. The van der Waals surface area contributed by atoms with Crippen molar-refractivity contribution in [3.63, 3.8) is 0 Å². The van der Waals surface area contributed by atoms with Gasteiger partial charge in [-0.25, -0.2) is 0 Å². The highest BCUT2D eigenvalue weighted by Gasteiger charge is 1.81. The van der Waals surface area contributed by atoms with Crippen LogP contribution in [0.2, 0.25) is 0 Å². The molecule has 0 bridgehead atoms. The van der Waals surface area contributed by atoms with Crippen molar-refractivity contribution in [2.24, 2.45) is 0 Å². The molecule has 0 saturated carbocycles. The Hall–Kier alpha value is -0.340. The Morgan fingerprint density at radius 3 is 2.78 bits per heavy atom. The molecule has 0 N–H and O–H groups in total. The quantitative estimate of drug-likeness (QED) is 0.407. The predicted molar refractivity (Wildman–Crippen MR) is 39.8 cm³/mol. The zero-order valence-electron chi connectivity index (χ0n) is 6.18. The summed E-state index contributed by atoms with van der Waals surface area (Å²) in [5, 5.41) is 3.88. The maximum absolute atomic E-state index is 5.14. The van der Waals surface area contributed by atoms with E-state index >= 15 is 0 Å². The summed E-state index contributed by atoms with van der Waals surface area (Å²) in [4.78, 5) is 0. The molecule has 0 aromatic heterocycles. The maximum atomic E-state index is 5.14. The number of likely N-dealkylation sites (N-methyl/N-ethyl adjacent to an activating group) is 1. The van der Waals surface area contributed by atoms with Gasteiger partial charge < -0.3 is 10.1 Å². The summed E-state index contributed by atoms with van der Waals surface area (Å²) < 4.78 is 5.14. The topological polar surface area (TPSA) is 23.3 Å². The van der Waals surface area contributed by atoms with Crippen LogP contribution in [0.15, 0.2) is 12.2 Å². The molecule has 0 unspecified atom stereocenters. The van der Waals surface area contributed by atoms with Gasteiger partial charge in [-0.1, -0.05) is 12.2 Å². The van der Waals surface area contributed by atoms with Crippen LogP contribution in [-0.4, -0.2) is 26.8 Å². The lowest BCUT2D eigenvalue weighted by atomic mass is 10.4. The highest BCUT2D eigenvalue weighted by atomic mass is 16.5. The molecule has 0 atom stereocenters. The van der Waals surface area contributed by atoms with Crippen LogP contribution >= 0.6 is 0 Å². The van der Waals surface area contributed by atoms with Crippen LogP contribution in [0, 0.1) is 0 Å². The van der Waals surface area contributed by atoms with Crippen LogP contribution < -0.4 is 0 Å². The minimum Gasteiger partial charge on any atom is -0.663 e. The Balaban J connectivity index is 2.83. The first-order valence-electron chi connectivity index (χ1n) is 3.05. The molecule has 0 aliphatic carbocycles. The Kier molecular flexibility index (Phi) is 5.57. The molecule has 0 aliphatic heterocycles. The largest absolute Gasteiger partial charge is 0.663 e. The van der Waals surface area contributed by atoms with Crippen molar-refractivity contribution in [3.05, 3.63) is 17.5 Å². The lowest BCUT2D eigenvalue weighted by molar-refractivity contribution is 0.168. The van der Waals surface area contributed by atoms with Crippen LogP contribution in [0.1, 0.15) is 6.92 Å². The first-order valence-corrected chi connectivity index (χ1v) is 3.05. The van der Waals surface area contributed by atoms with Crippen LogP contribution in [0.5, 0.6) is 0 Å². The second kappa shape index (κ2) is 5.79. The highest BCUT2D eigenvalue weighted by molar-refractivity contribution is 4.87. The molecule has 9 heavy (non-hydrogen) atoms. The molecule has 0 rings (SSSR count). The third-order valence-electron chi connectivity index (χ3n) is 0.808. The van der Waals surface area contributed by atoms with E-state index in [9.17, 15) is 0 Å². The summed E-state index contributed by atoms with van der Waals surface area (Å²) >= 11 is 0. The lowest BCUT2D eigenvalue weighted by Crippen LogP contribution is -2.00. The number of hydrogen-bond donors (Lipinski definition) is 0. The van der Waals surface area contributed by atoms with Crippen LogP contribution in [0.25, 0.3) is 5.32 Å². The summed E-state index contributed by atoms with van der Waals surface area (Å²) in [6.07, 6.45) is 0. The number of ether oxygens (including phenoxy) is 1. The SMILES string of the molecule is C=C(C)COCC[N-]C. The molecule has 0 spiro atoms. The van der Waals surface area contributed by atoms with E-state index < -0.39 is 0 Å². The molecule has 0 aromatic carbocycles. The molecule has 2 nitrogen and oxygen atoms in total. The van der Waals surface area contributed by atoms with Gasteiger partial charge in [0.15, 0.2) is 0 Å². The van der Waals surface area contributed by atoms with Gasteiger partial charge >= 0.3 is 0 Å². The number of rotatable bonds is 5. The zero-order valence-corrected chi connectivity index (χ0v) is 6.18. The van der Waals surface area contributed by atoms with E-state index in [-0.39, 0.29) is 0 Å². The maximum Gasteiger partial charge on any atom is 0.0670 e. The molecular formula is C7H14NO-. The molecule has 0 amide bonds. The minimum atomic E-state index is 0.662. The monoisotopic (exact) mass is 128 g/mol. The normalized spacial score (nSPS) is 9.56. The Morgan fingerprint density at radius 2 is 2.33 bits per heavy atom. The van der Waals surface area contributed by atoms with Gasteiger partial charge in [-0.2, -0.15) is 7.05 Å². The number of hydrogen-bond acceptors (Lipinski definition) is 1. The van der Waals surface area contributed by atoms with Gasteiger partial charge in [-0.05, 0) is 6.92 Å². The first-order chi connectivity index (χ1) is 4.27. The van der Waals surface area contributed by atoms with Gasteiger partial charge in [0.1, 0.15) is 0 Å². The fraction of sp³-hybridized carbons (Fsp3) is 0.714. The smallest absolute Gasteiger partial charge is 0.0670 e. The van der Waals surface area contributed by atoms with Crippen LogP contribution in [0.4, 0.5) is 0 Å². The van der Waals surface area contributed by atoms with Gasteiger partial charge in [0, 0.05) is 6.61 Å². The summed E-state index contributed by atoms with van der Waals surface area (Å²) in [6.45, 7) is 7.80. The molecule has 0 aliphatic rings. The standard InChI is InChI=1S/C7H14NO/c1-7(2)6-9-5-4-8-3/h1,4-6H2,2-3H3/q-1. The molecule has 0 fully saturated rings. The molecule has 0 aromatic rings. The van der Waals surface area contributed by atoms with Crippen molar-refractivity contribution in [1.82, 2.24) is 0 Å². The Labute approximate surface area is 56.9 Å². The van der Waals surface area contributed by atoms with Gasteiger partial charge in [-0.15, -0.1) is 6.54 Å². The summed E-state index contributed by atoms with van der Waals surface area (Å²) in [7, 11) is 1.78. The van der Waals surface area contributed by atoms with Crippen molar-refractivity contribution >= 4 is 0 Å². The second-order valence-corrected chi connectivity index (χ2v) is 2.05. The van der Waals surface area contributed by atoms with Crippen molar-refractivity contribution in [1.29, 1.82) is 0 Å². The molecule has 2 heteroatoms. The first kappa shape index (κ1) is 8.66. The Morgan fingerprint density at radius 1 is 1.67 bits per heavy atom. The summed E-state index contributed by atoms with van der Waals surface area (Å²) in [5.74, 6) is 0. The van der Waals surface area contributed by atoms with Gasteiger partial charge in [0.2, 0.25) is 0 Å². The van der Waals surface area contributed by atoms with E-state index in [0.717, 1.165) is 12.1 Å². The highest BCUT2D eigenvalue weighted by Crippen LogP contribution is 1.88. The third-order valence-corrected chi connectivity index (χ3v) is 0.808. The molecule has 54 valence electrons. The molecular weight excluding hydrogens is 114 g/mol. The zero-order chi connectivity index (χ0) is 7.11. The van der Waals surface area contributed by atoms with E-state index in [1.54, 1.807) is 7.05 Å². The van der Waals surface area contributed by atoms with Crippen LogP contribution in [-0.2, 0) is 4.74 Å². The van der Waals surface area contributed by atoms with E-state index in [0.29, 0.717) is 13.2 Å². The average molecular weight is 128 g/mol. The Bertz CT molecular complexity index is 81.0. The summed E-state index contributed by atoms with van der Waals surface area (Å²) in [5.41, 5.74) is 1.06. The fourth-order valence-electron chi connectivity index (χ4n) is 0.402. The van der Waals surface area contributed by atoms with Crippen molar-refractivity contribution in [2.75, 3.05) is 26.8 Å². The van der Waals surface area contributed by atoms with E-state index in [1.807, 2.05) is 6.92 Å². The molecule has 0 heterocycles. The second-order valence-electron chi connectivity index (χ2n) is 2.05. The fourth-order valence-corrected chi connectivity index (χ4v) is 0.402. The average Bonchev–Trinajstić information content (AvgIpc) is 1.80. The summed E-state index contributed by atoms with van der Waals surface area (Å²) in [6, 6.07) is 0. The van der Waals surface area contributed by atoms with E-state index in [2.05, 4.69) is 11.9 Å². The number of nitrogens with zero attached hydrogens (tertiary/aromatic N) is 1. The van der Waals surface area contributed by atoms with Crippen molar-refractivity contribution in [2.45, 2.75) is 6.92 Å².